The van der Waals surface area contributed by atoms with Gasteiger partial charge in [0.2, 0.25) is 0 Å². The SMILES string of the molecule is CN1CCC(NC(C)(C)c2ccc(F)cc2)CC1. The van der Waals surface area contributed by atoms with Crippen molar-refractivity contribution >= 4 is 0 Å². The Kier molecular flexibility index (Phi) is 4.03. The van der Waals surface area contributed by atoms with Gasteiger partial charge in [-0.15, -0.1) is 0 Å². The number of likely N-dealkylation sites (tertiary alicyclic amines) is 1. The van der Waals surface area contributed by atoms with Crippen molar-refractivity contribution in [1.29, 1.82) is 0 Å². The molecule has 1 aliphatic rings. The number of benzene rings is 1. The van der Waals surface area contributed by atoms with Gasteiger partial charge in [0.1, 0.15) is 5.82 Å². The third-order valence-electron chi connectivity index (χ3n) is 3.85. The molecule has 1 aromatic rings. The molecule has 3 heteroatoms. The van der Waals surface area contributed by atoms with Gasteiger partial charge in [-0.05, 0) is 64.5 Å². The zero-order valence-electron chi connectivity index (χ0n) is 11.5. The highest BCUT2D eigenvalue weighted by atomic mass is 19.1. The summed E-state index contributed by atoms with van der Waals surface area (Å²) < 4.78 is 13.0. The predicted molar refractivity (Wildman–Crippen MR) is 73.1 cm³/mol. The molecule has 0 saturated carbocycles. The maximum Gasteiger partial charge on any atom is 0.123 e. The number of piperidine rings is 1. The lowest BCUT2D eigenvalue weighted by Crippen LogP contribution is -2.48. The van der Waals surface area contributed by atoms with E-state index in [9.17, 15) is 4.39 Å². The molecule has 0 spiro atoms. The standard InChI is InChI=1S/C15H23FN2/c1-15(2,12-4-6-13(16)7-5-12)17-14-8-10-18(3)11-9-14/h4-7,14,17H,8-11H2,1-3H3. The number of rotatable bonds is 3. The molecule has 2 nitrogen and oxygen atoms in total. The minimum Gasteiger partial charge on any atom is -0.306 e. The van der Waals surface area contributed by atoms with Crippen molar-refractivity contribution in [1.82, 2.24) is 10.2 Å². The van der Waals surface area contributed by atoms with Crippen LogP contribution in [-0.2, 0) is 5.54 Å². The topological polar surface area (TPSA) is 15.3 Å². The second kappa shape index (κ2) is 5.37. The fraction of sp³-hybridized carbons (Fsp3) is 0.600. The minimum atomic E-state index is -0.172. The Morgan fingerprint density at radius 3 is 2.28 bits per heavy atom. The third kappa shape index (κ3) is 3.30. The Balaban J connectivity index is 2.00. The van der Waals surface area contributed by atoms with Crippen LogP contribution in [0.3, 0.4) is 0 Å². The van der Waals surface area contributed by atoms with Gasteiger partial charge < -0.3 is 10.2 Å². The molecule has 0 aromatic heterocycles. The van der Waals surface area contributed by atoms with Gasteiger partial charge in [0.15, 0.2) is 0 Å². The van der Waals surface area contributed by atoms with Crippen LogP contribution >= 0.6 is 0 Å². The van der Waals surface area contributed by atoms with Crippen LogP contribution in [0.1, 0.15) is 32.3 Å². The lowest BCUT2D eigenvalue weighted by Gasteiger charge is -2.36. The van der Waals surface area contributed by atoms with Crippen molar-refractivity contribution in [2.45, 2.75) is 38.3 Å². The first kappa shape index (κ1) is 13.5. The predicted octanol–water partition coefficient (Wildman–Crippen LogP) is 2.74. The van der Waals surface area contributed by atoms with Gasteiger partial charge in [0, 0.05) is 11.6 Å². The number of hydrogen-bond acceptors (Lipinski definition) is 2. The van der Waals surface area contributed by atoms with E-state index in [1.54, 1.807) is 0 Å². The first-order chi connectivity index (χ1) is 8.47. The quantitative estimate of drug-likeness (QED) is 0.887. The molecular formula is C15H23FN2. The maximum atomic E-state index is 13.0. The zero-order chi connectivity index (χ0) is 13.2. The Bertz CT molecular complexity index is 378. The highest BCUT2D eigenvalue weighted by Crippen LogP contribution is 2.23. The van der Waals surface area contributed by atoms with Crippen LogP contribution in [0.2, 0.25) is 0 Å². The van der Waals surface area contributed by atoms with E-state index in [0.29, 0.717) is 6.04 Å². The van der Waals surface area contributed by atoms with E-state index >= 15 is 0 Å². The molecule has 0 radical (unpaired) electrons. The first-order valence-electron chi connectivity index (χ1n) is 6.70. The molecule has 0 bridgehead atoms. The second-order valence-electron chi connectivity index (χ2n) is 5.85. The van der Waals surface area contributed by atoms with Gasteiger partial charge in [-0.3, -0.25) is 0 Å². The summed E-state index contributed by atoms with van der Waals surface area (Å²) in [6, 6.07) is 7.37. The summed E-state index contributed by atoms with van der Waals surface area (Å²) in [5.74, 6) is -0.172. The van der Waals surface area contributed by atoms with E-state index in [4.69, 9.17) is 0 Å². The lowest BCUT2D eigenvalue weighted by molar-refractivity contribution is 0.205. The van der Waals surface area contributed by atoms with Gasteiger partial charge in [0.25, 0.3) is 0 Å². The third-order valence-corrected chi connectivity index (χ3v) is 3.85. The van der Waals surface area contributed by atoms with Crippen LogP contribution in [0.4, 0.5) is 4.39 Å². The van der Waals surface area contributed by atoms with Gasteiger partial charge in [-0.25, -0.2) is 4.39 Å². The fourth-order valence-electron chi connectivity index (χ4n) is 2.61. The summed E-state index contributed by atoms with van der Waals surface area (Å²) in [5, 5.41) is 3.70. The van der Waals surface area contributed by atoms with Crippen molar-refractivity contribution in [2.75, 3.05) is 20.1 Å². The van der Waals surface area contributed by atoms with Gasteiger partial charge >= 0.3 is 0 Å². The monoisotopic (exact) mass is 250 g/mol. The van der Waals surface area contributed by atoms with E-state index < -0.39 is 0 Å². The molecule has 1 saturated heterocycles. The van der Waals surface area contributed by atoms with Gasteiger partial charge in [-0.2, -0.15) is 0 Å². The van der Waals surface area contributed by atoms with E-state index in [1.807, 2.05) is 12.1 Å². The normalized spacial score (nSPS) is 19.1. The van der Waals surface area contributed by atoms with E-state index in [2.05, 4.69) is 31.1 Å². The van der Waals surface area contributed by atoms with Crippen LogP contribution in [0.5, 0.6) is 0 Å². The Labute approximate surface area is 109 Å². The van der Waals surface area contributed by atoms with E-state index in [0.717, 1.165) is 18.7 Å². The number of hydrogen-bond donors (Lipinski definition) is 1. The van der Waals surface area contributed by atoms with Crippen LogP contribution in [-0.4, -0.2) is 31.1 Å². The molecule has 1 heterocycles. The molecule has 1 aliphatic heterocycles. The second-order valence-corrected chi connectivity index (χ2v) is 5.85. The smallest absolute Gasteiger partial charge is 0.123 e. The fourth-order valence-corrected chi connectivity index (χ4v) is 2.61. The average Bonchev–Trinajstić information content (AvgIpc) is 2.32. The summed E-state index contributed by atoms with van der Waals surface area (Å²) in [7, 11) is 2.17. The van der Waals surface area contributed by atoms with Gasteiger partial charge in [-0.1, -0.05) is 12.1 Å². The van der Waals surface area contributed by atoms with Crippen LogP contribution < -0.4 is 5.32 Å². The van der Waals surface area contributed by atoms with Crippen LogP contribution in [0.15, 0.2) is 24.3 Å². The number of nitrogens with zero attached hydrogens (tertiary/aromatic N) is 1. The Morgan fingerprint density at radius 1 is 1.17 bits per heavy atom. The van der Waals surface area contributed by atoms with Crippen molar-refractivity contribution in [3.8, 4) is 0 Å². The Hall–Kier alpha value is -0.930. The molecule has 2 rings (SSSR count). The Morgan fingerprint density at radius 2 is 1.72 bits per heavy atom. The summed E-state index contributed by atoms with van der Waals surface area (Å²) in [6.45, 7) is 6.63. The molecule has 0 amide bonds. The molecule has 100 valence electrons. The van der Waals surface area contributed by atoms with E-state index in [1.165, 1.54) is 25.0 Å². The van der Waals surface area contributed by atoms with Crippen molar-refractivity contribution in [3.05, 3.63) is 35.6 Å². The molecule has 0 aliphatic carbocycles. The van der Waals surface area contributed by atoms with Crippen LogP contribution in [0, 0.1) is 5.82 Å². The van der Waals surface area contributed by atoms with E-state index in [-0.39, 0.29) is 11.4 Å². The molecule has 1 N–H and O–H groups in total. The maximum absolute atomic E-state index is 13.0. The average molecular weight is 250 g/mol. The summed E-state index contributed by atoms with van der Waals surface area (Å²) in [6.07, 6.45) is 2.36. The molecule has 0 unspecified atom stereocenters. The largest absolute Gasteiger partial charge is 0.306 e. The number of nitrogens with one attached hydrogen (secondary N) is 1. The lowest BCUT2D eigenvalue weighted by atomic mass is 9.91. The minimum absolute atomic E-state index is 0.103. The van der Waals surface area contributed by atoms with Crippen molar-refractivity contribution < 1.29 is 4.39 Å². The molecule has 18 heavy (non-hydrogen) atoms. The zero-order valence-corrected chi connectivity index (χ0v) is 11.5. The van der Waals surface area contributed by atoms with Gasteiger partial charge in [0.05, 0.1) is 0 Å². The summed E-state index contributed by atoms with van der Waals surface area (Å²) >= 11 is 0. The number of halogens is 1. The van der Waals surface area contributed by atoms with Crippen molar-refractivity contribution in [3.63, 3.8) is 0 Å². The summed E-state index contributed by atoms with van der Waals surface area (Å²) in [5.41, 5.74) is 1.04. The van der Waals surface area contributed by atoms with Crippen molar-refractivity contribution in [2.24, 2.45) is 0 Å². The highest BCUT2D eigenvalue weighted by Gasteiger charge is 2.26. The molecule has 0 atom stereocenters. The van der Waals surface area contributed by atoms with Crippen LogP contribution in [0.25, 0.3) is 0 Å². The molecule has 1 fully saturated rings. The molecule has 1 aromatic carbocycles. The molecular weight excluding hydrogens is 227 g/mol. The first-order valence-corrected chi connectivity index (χ1v) is 6.70. The highest BCUT2D eigenvalue weighted by molar-refractivity contribution is 5.23. The summed E-state index contributed by atoms with van der Waals surface area (Å²) in [4.78, 5) is 2.36.